The maximum atomic E-state index is 3.52. The molecule has 0 aliphatic carbocycles. The van der Waals surface area contributed by atoms with Crippen molar-refractivity contribution >= 4 is 24.8 Å². The minimum absolute atomic E-state index is 0. The first-order chi connectivity index (χ1) is 7.36. The lowest BCUT2D eigenvalue weighted by molar-refractivity contribution is 0.146. The Hall–Kier alpha value is 0.500. The van der Waals surface area contributed by atoms with E-state index in [1.165, 1.54) is 64.7 Å². The summed E-state index contributed by atoms with van der Waals surface area (Å²) in [6.07, 6.45) is 8.55. The Labute approximate surface area is 119 Å². The Morgan fingerprint density at radius 3 is 2.59 bits per heavy atom. The van der Waals surface area contributed by atoms with E-state index >= 15 is 0 Å². The second-order valence-corrected chi connectivity index (χ2v) is 5.38. The summed E-state index contributed by atoms with van der Waals surface area (Å²) in [5.41, 5.74) is 0. The molecule has 4 heteroatoms. The molecule has 2 fully saturated rings. The van der Waals surface area contributed by atoms with Gasteiger partial charge in [0.1, 0.15) is 0 Å². The molecule has 0 aromatic rings. The fourth-order valence-electron chi connectivity index (χ4n) is 3.01. The van der Waals surface area contributed by atoms with Crippen molar-refractivity contribution < 1.29 is 0 Å². The molecule has 0 saturated carbocycles. The topological polar surface area (TPSA) is 15.3 Å². The molecule has 0 aromatic carbocycles. The van der Waals surface area contributed by atoms with Crippen LogP contribution in [0.5, 0.6) is 0 Å². The Kier molecular flexibility index (Phi) is 9.71. The number of likely N-dealkylation sites (tertiary alicyclic amines) is 1. The second kappa shape index (κ2) is 9.43. The van der Waals surface area contributed by atoms with E-state index in [0.717, 1.165) is 12.0 Å². The SMILES string of the molecule is CC1CCCCN1CCC1CCCNC1.Cl.Cl. The average Bonchev–Trinajstić information content (AvgIpc) is 2.29. The molecule has 2 heterocycles. The van der Waals surface area contributed by atoms with Crippen LogP contribution in [0.3, 0.4) is 0 Å². The highest BCUT2D eigenvalue weighted by atomic mass is 35.5. The molecule has 0 radical (unpaired) electrons. The summed E-state index contributed by atoms with van der Waals surface area (Å²) >= 11 is 0. The number of nitrogens with zero attached hydrogens (tertiary/aromatic N) is 1. The molecule has 1 N–H and O–H groups in total. The van der Waals surface area contributed by atoms with Crippen LogP contribution in [-0.2, 0) is 0 Å². The molecule has 2 unspecified atom stereocenters. The number of hydrogen-bond donors (Lipinski definition) is 1. The summed E-state index contributed by atoms with van der Waals surface area (Å²) in [5.74, 6) is 0.952. The highest BCUT2D eigenvalue weighted by Gasteiger charge is 2.20. The van der Waals surface area contributed by atoms with E-state index in [9.17, 15) is 0 Å². The van der Waals surface area contributed by atoms with E-state index in [-0.39, 0.29) is 24.8 Å². The van der Waals surface area contributed by atoms with Gasteiger partial charge < -0.3 is 10.2 Å². The predicted molar refractivity (Wildman–Crippen MR) is 79.6 cm³/mol. The van der Waals surface area contributed by atoms with Crippen molar-refractivity contribution in [1.29, 1.82) is 0 Å². The maximum Gasteiger partial charge on any atom is 0.00669 e. The van der Waals surface area contributed by atoms with Crippen LogP contribution in [0, 0.1) is 5.92 Å². The van der Waals surface area contributed by atoms with E-state index in [1.54, 1.807) is 0 Å². The zero-order valence-corrected chi connectivity index (χ0v) is 12.6. The van der Waals surface area contributed by atoms with Crippen molar-refractivity contribution in [3.63, 3.8) is 0 Å². The first-order valence-electron chi connectivity index (χ1n) is 6.81. The Bertz CT molecular complexity index is 184. The molecule has 2 aliphatic heterocycles. The maximum absolute atomic E-state index is 3.52. The number of halogens is 2. The lowest BCUT2D eigenvalue weighted by Crippen LogP contribution is -2.40. The molecule has 0 aromatic heterocycles. The lowest BCUT2D eigenvalue weighted by atomic mass is 9.95. The van der Waals surface area contributed by atoms with Crippen molar-refractivity contribution in [3.8, 4) is 0 Å². The summed E-state index contributed by atoms with van der Waals surface area (Å²) < 4.78 is 0. The minimum atomic E-state index is 0. The molecule has 2 aliphatic rings. The van der Waals surface area contributed by atoms with Crippen LogP contribution in [0.1, 0.15) is 45.4 Å². The van der Waals surface area contributed by atoms with Crippen molar-refractivity contribution in [3.05, 3.63) is 0 Å². The summed E-state index contributed by atoms with van der Waals surface area (Å²) in [5, 5.41) is 3.52. The van der Waals surface area contributed by atoms with Gasteiger partial charge in [-0.2, -0.15) is 0 Å². The molecule has 0 amide bonds. The van der Waals surface area contributed by atoms with Crippen LogP contribution in [0.15, 0.2) is 0 Å². The van der Waals surface area contributed by atoms with Crippen molar-refractivity contribution in [2.75, 3.05) is 26.2 Å². The van der Waals surface area contributed by atoms with Crippen LogP contribution >= 0.6 is 24.8 Å². The number of piperidine rings is 2. The molecule has 0 spiro atoms. The normalized spacial score (nSPS) is 30.2. The zero-order valence-electron chi connectivity index (χ0n) is 11.0. The van der Waals surface area contributed by atoms with Gasteiger partial charge in [-0.1, -0.05) is 6.42 Å². The van der Waals surface area contributed by atoms with E-state index < -0.39 is 0 Å². The van der Waals surface area contributed by atoms with Crippen LogP contribution < -0.4 is 5.32 Å². The van der Waals surface area contributed by atoms with Gasteiger partial charge in [0.25, 0.3) is 0 Å². The quantitative estimate of drug-likeness (QED) is 0.856. The smallest absolute Gasteiger partial charge is 0.00669 e. The third-order valence-electron chi connectivity index (χ3n) is 4.16. The second-order valence-electron chi connectivity index (χ2n) is 5.38. The molecule has 2 atom stereocenters. The highest BCUT2D eigenvalue weighted by molar-refractivity contribution is 5.85. The Morgan fingerprint density at radius 1 is 1.12 bits per heavy atom. The van der Waals surface area contributed by atoms with Gasteiger partial charge in [0, 0.05) is 6.04 Å². The van der Waals surface area contributed by atoms with Gasteiger partial charge in [-0.15, -0.1) is 24.8 Å². The van der Waals surface area contributed by atoms with Gasteiger partial charge in [0.05, 0.1) is 0 Å². The third kappa shape index (κ3) is 5.78. The highest BCUT2D eigenvalue weighted by Crippen LogP contribution is 2.20. The van der Waals surface area contributed by atoms with Crippen LogP contribution in [0.4, 0.5) is 0 Å². The molecule has 2 saturated heterocycles. The van der Waals surface area contributed by atoms with Gasteiger partial charge in [-0.3, -0.25) is 0 Å². The summed E-state index contributed by atoms with van der Waals surface area (Å²) in [7, 11) is 0. The van der Waals surface area contributed by atoms with Crippen molar-refractivity contribution in [2.45, 2.75) is 51.5 Å². The first kappa shape index (κ1) is 17.5. The van der Waals surface area contributed by atoms with Crippen LogP contribution in [0.2, 0.25) is 0 Å². The number of nitrogens with one attached hydrogen (secondary N) is 1. The van der Waals surface area contributed by atoms with Gasteiger partial charge >= 0.3 is 0 Å². The van der Waals surface area contributed by atoms with Gasteiger partial charge in [0.15, 0.2) is 0 Å². The monoisotopic (exact) mass is 282 g/mol. The molecular formula is C13H28Cl2N2. The molecule has 2 rings (SSSR count). The standard InChI is InChI=1S/C13H26N2.2ClH/c1-12-5-2-3-9-15(12)10-7-13-6-4-8-14-11-13;;/h12-14H,2-11H2,1H3;2*1H. The van der Waals surface area contributed by atoms with Crippen LogP contribution in [-0.4, -0.2) is 37.1 Å². The third-order valence-corrected chi connectivity index (χ3v) is 4.16. The van der Waals surface area contributed by atoms with Gasteiger partial charge in [-0.25, -0.2) is 0 Å². The summed E-state index contributed by atoms with van der Waals surface area (Å²) in [6, 6.07) is 0.843. The summed E-state index contributed by atoms with van der Waals surface area (Å²) in [6.45, 7) is 7.60. The van der Waals surface area contributed by atoms with Gasteiger partial charge in [0.2, 0.25) is 0 Å². The van der Waals surface area contributed by atoms with Crippen molar-refractivity contribution in [1.82, 2.24) is 10.2 Å². The van der Waals surface area contributed by atoms with Gasteiger partial charge in [-0.05, 0) is 71.1 Å². The van der Waals surface area contributed by atoms with Crippen molar-refractivity contribution in [2.24, 2.45) is 5.92 Å². The molecule has 104 valence electrons. The fourth-order valence-corrected chi connectivity index (χ4v) is 3.01. The summed E-state index contributed by atoms with van der Waals surface area (Å²) in [4.78, 5) is 2.71. The number of rotatable bonds is 3. The Balaban J connectivity index is 0.00000128. The molecule has 2 nitrogen and oxygen atoms in total. The average molecular weight is 283 g/mol. The predicted octanol–water partition coefficient (Wildman–Crippen LogP) is 3.09. The lowest BCUT2D eigenvalue weighted by Gasteiger charge is -2.35. The number of hydrogen-bond acceptors (Lipinski definition) is 2. The Morgan fingerprint density at radius 2 is 1.94 bits per heavy atom. The zero-order chi connectivity index (χ0) is 10.5. The fraction of sp³-hybridized carbons (Fsp3) is 1.00. The van der Waals surface area contributed by atoms with E-state index in [2.05, 4.69) is 17.1 Å². The van der Waals surface area contributed by atoms with Crippen LogP contribution in [0.25, 0.3) is 0 Å². The van der Waals surface area contributed by atoms with E-state index in [1.807, 2.05) is 0 Å². The molecule has 17 heavy (non-hydrogen) atoms. The molecule has 0 bridgehead atoms. The largest absolute Gasteiger partial charge is 0.316 e. The molecular weight excluding hydrogens is 255 g/mol. The first-order valence-corrected chi connectivity index (χ1v) is 6.81. The van der Waals surface area contributed by atoms with E-state index in [0.29, 0.717) is 0 Å². The van der Waals surface area contributed by atoms with E-state index in [4.69, 9.17) is 0 Å². The minimum Gasteiger partial charge on any atom is -0.316 e.